The molecule has 2 amide bonds. The Kier molecular flexibility index (Phi) is 7.67. The second-order valence-corrected chi connectivity index (χ2v) is 13.4. The lowest BCUT2D eigenvalue weighted by atomic mass is 9.94. The highest BCUT2D eigenvalue weighted by atomic mass is 32.2. The summed E-state index contributed by atoms with van der Waals surface area (Å²) < 4.78 is 50.8. The number of rotatable bonds is 9. The smallest absolute Gasteiger partial charge is 0.307 e. The van der Waals surface area contributed by atoms with Gasteiger partial charge in [-0.05, 0) is 37.1 Å². The second-order valence-electron chi connectivity index (χ2n) is 8.52. The number of sulfone groups is 1. The third kappa shape index (κ3) is 6.35. The maximum Gasteiger partial charge on any atom is 0.325 e. The number of amides is 2. The molecule has 198 valence electrons. The van der Waals surface area contributed by atoms with Crippen molar-refractivity contribution in [1.29, 1.82) is 0 Å². The third-order valence-electron chi connectivity index (χ3n) is 5.61. The van der Waals surface area contributed by atoms with Crippen LogP contribution in [0.1, 0.15) is 47.3 Å². The van der Waals surface area contributed by atoms with Crippen molar-refractivity contribution in [3.05, 3.63) is 35.0 Å². The Morgan fingerprint density at radius 2 is 1.86 bits per heavy atom. The predicted octanol–water partition coefficient (Wildman–Crippen LogP) is 1.86. The van der Waals surface area contributed by atoms with Crippen LogP contribution >= 0.6 is 11.3 Å². The molecule has 2 aromatic heterocycles. The molecule has 17 heteroatoms. The molecule has 1 aliphatic rings. The number of carbonyl (C=O) groups is 2. The van der Waals surface area contributed by atoms with Crippen LogP contribution in [-0.4, -0.2) is 60.5 Å². The molecular weight excluding hydrogens is 544 g/mol. The number of tetrazole rings is 1. The average Bonchev–Trinajstić information content (AvgIpc) is 3.59. The van der Waals surface area contributed by atoms with E-state index in [1.54, 1.807) is 18.2 Å². The zero-order valence-corrected chi connectivity index (χ0v) is 22.3. The topological polar surface area (TPSA) is 206 Å². The summed E-state index contributed by atoms with van der Waals surface area (Å²) >= 11 is 0.593. The molecule has 1 saturated carbocycles. The summed E-state index contributed by atoms with van der Waals surface area (Å²) in [5.74, 6) is -0.124. The molecule has 37 heavy (non-hydrogen) atoms. The standard InChI is InChI=1S/C20H24N8O6S3/c1-11-7-8-14(13(9-11)16(29)12-5-3-4-6-12)22-18(30)24-19-23-15(10-21-36(2,31)32)17(35-19)37(33,34)20-25-27-28-26-20/h7-9,12,21H,3-6,10H2,1-2H3,(H2,22,23,24,30)(H,25,26,27,28). The summed E-state index contributed by atoms with van der Waals surface area (Å²) in [6, 6.07) is 4.36. The Labute approximate surface area is 216 Å². The molecule has 0 spiro atoms. The fourth-order valence-corrected chi connectivity index (χ4v) is 6.80. The molecular formula is C20H24N8O6S3. The minimum Gasteiger partial charge on any atom is -0.307 e. The van der Waals surface area contributed by atoms with Crippen LogP contribution in [0.15, 0.2) is 27.6 Å². The Morgan fingerprint density at radius 1 is 1.14 bits per heavy atom. The van der Waals surface area contributed by atoms with Crippen LogP contribution in [0.3, 0.4) is 0 Å². The van der Waals surface area contributed by atoms with Gasteiger partial charge < -0.3 is 5.32 Å². The number of anilines is 2. The van der Waals surface area contributed by atoms with E-state index in [4.69, 9.17) is 0 Å². The van der Waals surface area contributed by atoms with E-state index in [1.165, 1.54) is 0 Å². The first-order valence-electron chi connectivity index (χ1n) is 11.1. The molecule has 2 heterocycles. The number of nitrogens with zero attached hydrogens (tertiary/aromatic N) is 4. The largest absolute Gasteiger partial charge is 0.325 e. The molecule has 4 rings (SSSR count). The van der Waals surface area contributed by atoms with E-state index >= 15 is 0 Å². The van der Waals surface area contributed by atoms with Gasteiger partial charge in [0.05, 0.1) is 24.2 Å². The first-order chi connectivity index (χ1) is 17.4. The SMILES string of the molecule is Cc1ccc(NC(=O)Nc2nc(CNS(C)(=O)=O)c(S(=O)(=O)c3nn[nH]n3)s2)c(C(=O)C2CCCC2)c1. The van der Waals surface area contributed by atoms with Crippen LogP contribution in [0.25, 0.3) is 0 Å². The van der Waals surface area contributed by atoms with Crippen molar-refractivity contribution >= 4 is 53.8 Å². The molecule has 0 radical (unpaired) electrons. The Hall–Kier alpha value is -3.28. The second kappa shape index (κ2) is 10.6. The summed E-state index contributed by atoms with van der Waals surface area (Å²) in [5, 5.41) is 16.6. The van der Waals surface area contributed by atoms with Gasteiger partial charge in [-0.15, -0.1) is 5.10 Å². The van der Waals surface area contributed by atoms with Gasteiger partial charge in [0.2, 0.25) is 10.0 Å². The predicted molar refractivity (Wildman–Crippen MR) is 134 cm³/mol. The van der Waals surface area contributed by atoms with Crippen LogP contribution < -0.4 is 15.4 Å². The number of hydrogen-bond acceptors (Lipinski definition) is 11. The van der Waals surface area contributed by atoms with Crippen LogP contribution in [0.5, 0.6) is 0 Å². The molecule has 0 bridgehead atoms. The molecule has 1 aromatic carbocycles. The lowest BCUT2D eigenvalue weighted by molar-refractivity contribution is 0.0923. The van der Waals surface area contributed by atoms with Crippen molar-refractivity contribution in [3.63, 3.8) is 0 Å². The number of thiazole rings is 1. The minimum atomic E-state index is -4.31. The van der Waals surface area contributed by atoms with E-state index in [2.05, 4.69) is 41.0 Å². The van der Waals surface area contributed by atoms with E-state index in [-0.39, 0.29) is 26.7 Å². The molecule has 1 aliphatic carbocycles. The van der Waals surface area contributed by atoms with Crippen LogP contribution in [0.2, 0.25) is 0 Å². The number of aryl methyl sites for hydroxylation is 1. The molecule has 14 nitrogen and oxygen atoms in total. The van der Waals surface area contributed by atoms with E-state index < -0.39 is 37.6 Å². The van der Waals surface area contributed by atoms with Gasteiger partial charge in [0.15, 0.2) is 15.1 Å². The number of benzene rings is 1. The van der Waals surface area contributed by atoms with Crippen LogP contribution in [0, 0.1) is 12.8 Å². The number of hydrogen-bond donors (Lipinski definition) is 4. The van der Waals surface area contributed by atoms with E-state index in [1.807, 2.05) is 6.92 Å². The lowest BCUT2D eigenvalue weighted by Gasteiger charge is -2.14. The number of carbonyl (C=O) groups excluding carboxylic acids is 2. The van der Waals surface area contributed by atoms with E-state index in [9.17, 15) is 26.4 Å². The fraction of sp³-hybridized carbons (Fsp3) is 0.400. The normalized spacial score (nSPS) is 14.5. The molecule has 3 aromatic rings. The Morgan fingerprint density at radius 3 is 2.51 bits per heavy atom. The van der Waals surface area contributed by atoms with Crippen molar-refractivity contribution in [2.24, 2.45) is 5.92 Å². The summed E-state index contributed by atoms with van der Waals surface area (Å²) in [6.45, 7) is 1.39. The molecule has 0 atom stereocenters. The minimum absolute atomic E-state index is 0.0339. The van der Waals surface area contributed by atoms with Crippen molar-refractivity contribution in [2.75, 3.05) is 16.9 Å². The molecule has 0 saturated heterocycles. The van der Waals surface area contributed by atoms with Crippen LogP contribution in [-0.2, 0) is 26.4 Å². The van der Waals surface area contributed by atoms with E-state index in [0.29, 0.717) is 22.6 Å². The highest BCUT2D eigenvalue weighted by molar-refractivity contribution is 7.93. The zero-order valence-electron chi connectivity index (χ0n) is 19.8. The molecule has 0 aliphatic heterocycles. The van der Waals surface area contributed by atoms with Gasteiger partial charge in [-0.25, -0.2) is 31.3 Å². The third-order valence-corrected chi connectivity index (χ3v) is 9.37. The lowest BCUT2D eigenvalue weighted by Crippen LogP contribution is -2.23. The fourth-order valence-electron chi connectivity index (χ4n) is 3.89. The summed E-state index contributed by atoms with van der Waals surface area (Å²) in [5.41, 5.74) is 1.42. The summed E-state index contributed by atoms with van der Waals surface area (Å²) in [7, 11) is -7.99. The number of aromatic nitrogens is 5. The number of urea groups is 1. The maximum absolute atomic E-state index is 13.1. The zero-order chi connectivity index (χ0) is 26.8. The van der Waals surface area contributed by atoms with Crippen LogP contribution in [0.4, 0.5) is 15.6 Å². The molecule has 1 fully saturated rings. The molecule has 4 N–H and O–H groups in total. The quantitative estimate of drug-likeness (QED) is 0.276. The Bertz CT molecular complexity index is 1530. The van der Waals surface area contributed by atoms with Gasteiger partial charge in [-0.1, -0.05) is 40.9 Å². The van der Waals surface area contributed by atoms with Crippen molar-refractivity contribution in [1.82, 2.24) is 30.3 Å². The summed E-state index contributed by atoms with van der Waals surface area (Å²) in [6.07, 6.45) is 4.49. The van der Waals surface area contributed by atoms with Crippen molar-refractivity contribution in [3.8, 4) is 0 Å². The van der Waals surface area contributed by atoms with Gasteiger partial charge in [0, 0.05) is 11.5 Å². The number of Topliss-reactive ketones (excluding diaryl/α,β-unsaturated/α-hetero) is 1. The highest BCUT2D eigenvalue weighted by Gasteiger charge is 2.31. The van der Waals surface area contributed by atoms with Gasteiger partial charge in [0.1, 0.15) is 0 Å². The number of ketones is 1. The first kappa shape index (κ1) is 26.8. The van der Waals surface area contributed by atoms with Gasteiger partial charge >= 0.3 is 6.03 Å². The number of H-pyrrole nitrogens is 1. The van der Waals surface area contributed by atoms with Gasteiger partial charge in [-0.3, -0.25) is 10.1 Å². The summed E-state index contributed by atoms with van der Waals surface area (Å²) in [4.78, 5) is 30.0. The average molecular weight is 569 g/mol. The highest BCUT2D eigenvalue weighted by Crippen LogP contribution is 2.33. The van der Waals surface area contributed by atoms with Gasteiger partial charge in [0.25, 0.3) is 15.0 Å². The number of nitrogens with one attached hydrogen (secondary N) is 4. The number of aromatic amines is 1. The van der Waals surface area contributed by atoms with Crippen molar-refractivity contribution < 1.29 is 26.4 Å². The maximum atomic E-state index is 13.1. The first-order valence-corrected chi connectivity index (χ1v) is 15.3. The Balaban J connectivity index is 1.58. The van der Waals surface area contributed by atoms with Gasteiger partial charge in [-0.2, -0.15) is 5.21 Å². The molecule has 0 unspecified atom stereocenters. The van der Waals surface area contributed by atoms with Crippen molar-refractivity contribution in [2.45, 2.75) is 48.5 Å². The number of sulfonamides is 1. The monoisotopic (exact) mass is 568 g/mol. The van der Waals surface area contributed by atoms with E-state index in [0.717, 1.165) is 37.5 Å².